The minimum absolute atomic E-state index is 0.434. The van der Waals surface area contributed by atoms with Crippen molar-refractivity contribution in [1.82, 2.24) is 10.2 Å². The Labute approximate surface area is 211 Å². The number of halogens is 1. The predicted molar refractivity (Wildman–Crippen MR) is 138 cm³/mol. The number of hydrogen-bond acceptors (Lipinski definition) is 4. The molecule has 1 unspecified atom stereocenters. The van der Waals surface area contributed by atoms with Crippen LogP contribution in [0.15, 0.2) is 78.9 Å². The molecular weight excluding hydrogens is 545 g/mol. The van der Waals surface area contributed by atoms with E-state index in [0.717, 1.165) is 14.0 Å². The van der Waals surface area contributed by atoms with Gasteiger partial charge in [-0.05, 0) is 70.1 Å². The smallest absolute Gasteiger partial charge is 0.325 e. The molecule has 0 aromatic heterocycles. The Hall–Kier alpha value is -3.40. The third-order valence-electron chi connectivity index (χ3n) is 5.88. The summed E-state index contributed by atoms with van der Waals surface area (Å²) in [5.41, 5.74) is 2.05. The van der Waals surface area contributed by atoms with Gasteiger partial charge in [0.15, 0.2) is 0 Å². The van der Waals surface area contributed by atoms with Crippen molar-refractivity contribution in [2.75, 3.05) is 12.4 Å². The molecule has 7 nitrogen and oxygen atoms in total. The average molecular weight is 569 g/mol. The van der Waals surface area contributed by atoms with Gasteiger partial charge in [-0.15, -0.1) is 0 Å². The Morgan fingerprint density at radius 2 is 1.65 bits per heavy atom. The fourth-order valence-electron chi connectivity index (χ4n) is 4.04. The highest BCUT2D eigenvalue weighted by molar-refractivity contribution is 14.1. The van der Waals surface area contributed by atoms with Crippen LogP contribution < -0.4 is 15.4 Å². The van der Waals surface area contributed by atoms with Gasteiger partial charge >= 0.3 is 6.03 Å². The minimum atomic E-state index is -1.04. The van der Waals surface area contributed by atoms with E-state index in [9.17, 15) is 14.4 Å². The summed E-state index contributed by atoms with van der Waals surface area (Å²) in [6, 6.07) is 21.1. The van der Waals surface area contributed by atoms with Crippen molar-refractivity contribution in [1.29, 1.82) is 0 Å². The first kappa shape index (κ1) is 23.7. The molecule has 1 fully saturated rings. The van der Waals surface area contributed by atoms with Crippen LogP contribution in [0, 0.1) is 3.57 Å². The second kappa shape index (κ2) is 10.3. The van der Waals surface area contributed by atoms with Crippen molar-refractivity contribution in [3.05, 3.63) is 93.6 Å². The second-order valence-corrected chi connectivity index (χ2v) is 9.25. The first-order chi connectivity index (χ1) is 16.4. The van der Waals surface area contributed by atoms with Crippen molar-refractivity contribution >= 4 is 46.1 Å². The van der Waals surface area contributed by atoms with E-state index in [1.807, 2.05) is 49.4 Å². The molecular formula is C26H24IN3O4. The van der Waals surface area contributed by atoms with Crippen molar-refractivity contribution < 1.29 is 19.1 Å². The summed E-state index contributed by atoms with van der Waals surface area (Å²) in [6.45, 7) is 1.84. The van der Waals surface area contributed by atoms with Crippen molar-refractivity contribution in [2.45, 2.75) is 24.9 Å². The molecule has 0 bridgehead atoms. The highest BCUT2D eigenvalue weighted by Gasteiger charge is 2.47. The molecule has 3 aromatic carbocycles. The highest BCUT2D eigenvalue weighted by Crippen LogP contribution is 2.31. The van der Waals surface area contributed by atoms with Gasteiger partial charge in [0, 0.05) is 15.2 Å². The molecule has 34 heavy (non-hydrogen) atoms. The maximum absolute atomic E-state index is 13.5. The SMILES string of the molecule is COc1ccc(C2NC(=O)N([C@H](C(=O)Nc3ccc(I)cc3)[C@@H](C)c3ccccc3)C2=O)cc1. The topological polar surface area (TPSA) is 87.7 Å². The summed E-state index contributed by atoms with van der Waals surface area (Å²) < 4.78 is 6.21. The van der Waals surface area contributed by atoms with Crippen LogP contribution in [0.1, 0.15) is 30.0 Å². The molecule has 1 aliphatic rings. The van der Waals surface area contributed by atoms with Crippen LogP contribution in [0.3, 0.4) is 0 Å². The lowest BCUT2D eigenvalue weighted by molar-refractivity contribution is -0.134. The number of amides is 4. The maximum Gasteiger partial charge on any atom is 0.325 e. The summed E-state index contributed by atoms with van der Waals surface area (Å²) in [7, 11) is 1.56. The normalized spacial score (nSPS) is 17.1. The molecule has 4 amide bonds. The Morgan fingerprint density at radius 1 is 1.00 bits per heavy atom. The highest BCUT2D eigenvalue weighted by atomic mass is 127. The van der Waals surface area contributed by atoms with E-state index < -0.39 is 35.8 Å². The van der Waals surface area contributed by atoms with Crippen molar-refractivity contribution in [3.63, 3.8) is 0 Å². The molecule has 8 heteroatoms. The summed E-state index contributed by atoms with van der Waals surface area (Å²) >= 11 is 2.18. The zero-order chi connectivity index (χ0) is 24.2. The molecule has 2 N–H and O–H groups in total. The summed E-state index contributed by atoms with van der Waals surface area (Å²) in [5, 5.41) is 5.61. The Morgan fingerprint density at radius 3 is 2.26 bits per heavy atom. The Kier molecular flexibility index (Phi) is 7.16. The van der Waals surface area contributed by atoms with Crippen molar-refractivity contribution in [3.8, 4) is 5.75 Å². The number of methoxy groups -OCH3 is 1. The number of nitrogens with zero attached hydrogens (tertiary/aromatic N) is 1. The minimum Gasteiger partial charge on any atom is -0.497 e. The van der Waals surface area contributed by atoms with Crippen LogP contribution in [0.5, 0.6) is 5.75 Å². The molecule has 3 atom stereocenters. The number of ether oxygens (including phenoxy) is 1. The molecule has 0 radical (unpaired) electrons. The van der Waals surface area contributed by atoms with Crippen molar-refractivity contribution in [2.24, 2.45) is 0 Å². The van der Waals surface area contributed by atoms with Crippen LogP contribution in [-0.4, -0.2) is 35.9 Å². The first-order valence-electron chi connectivity index (χ1n) is 10.8. The number of carbonyl (C=O) groups is 3. The largest absolute Gasteiger partial charge is 0.497 e. The number of carbonyl (C=O) groups excluding carboxylic acids is 3. The van der Waals surface area contributed by atoms with Gasteiger partial charge < -0.3 is 15.4 Å². The molecule has 1 saturated heterocycles. The van der Waals surface area contributed by atoms with Crippen LogP contribution >= 0.6 is 22.6 Å². The molecule has 0 saturated carbocycles. The number of rotatable bonds is 7. The molecule has 0 spiro atoms. The molecule has 1 aliphatic heterocycles. The number of hydrogen-bond donors (Lipinski definition) is 2. The number of anilines is 1. The van der Waals surface area contributed by atoms with E-state index in [1.54, 1.807) is 43.5 Å². The van der Waals surface area contributed by atoms with E-state index in [2.05, 4.69) is 33.2 Å². The standard InChI is InChI=1S/C26H24IN3O4/c1-16(17-6-4-3-5-7-17)23(24(31)28-20-12-10-19(27)11-13-20)30-25(32)22(29-26(30)33)18-8-14-21(34-2)15-9-18/h3-16,22-23H,1-2H3,(H,28,31)(H,29,33)/t16-,22?,23-/m0/s1. The fraction of sp³-hybridized carbons (Fsp3) is 0.192. The molecule has 1 heterocycles. The zero-order valence-corrected chi connectivity index (χ0v) is 20.9. The lowest BCUT2D eigenvalue weighted by Crippen LogP contribution is -2.50. The predicted octanol–water partition coefficient (Wildman–Crippen LogP) is 4.70. The van der Waals surface area contributed by atoms with Gasteiger partial charge in [0.1, 0.15) is 17.8 Å². The quantitative estimate of drug-likeness (QED) is 0.319. The second-order valence-electron chi connectivity index (χ2n) is 8.00. The molecule has 0 aliphatic carbocycles. The van der Waals surface area contributed by atoms with Gasteiger partial charge in [0.2, 0.25) is 5.91 Å². The van der Waals surface area contributed by atoms with Gasteiger partial charge in [-0.3, -0.25) is 9.59 Å². The maximum atomic E-state index is 13.5. The number of benzene rings is 3. The lowest BCUT2D eigenvalue weighted by Gasteiger charge is -2.30. The number of nitrogens with one attached hydrogen (secondary N) is 2. The summed E-state index contributed by atoms with van der Waals surface area (Å²) in [5.74, 6) is -0.698. The molecule has 4 rings (SSSR count). The monoisotopic (exact) mass is 569 g/mol. The third-order valence-corrected chi connectivity index (χ3v) is 6.60. The van der Waals surface area contributed by atoms with Crippen LogP contribution in [0.25, 0.3) is 0 Å². The summed E-state index contributed by atoms with van der Waals surface area (Å²) in [6.07, 6.45) is 0. The van der Waals surface area contributed by atoms with Crippen LogP contribution in [0.2, 0.25) is 0 Å². The first-order valence-corrected chi connectivity index (χ1v) is 11.9. The van der Waals surface area contributed by atoms with Gasteiger partial charge in [0.25, 0.3) is 5.91 Å². The van der Waals surface area contributed by atoms with E-state index >= 15 is 0 Å². The van der Waals surface area contributed by atoms with E-state index in [-0.39, 0.29) is 0 Å². The lowest BCUT2D eigenvalue weighted by atomic mass is 9.91. The van der Waals surface area contributed by atoms with Gasteiger partial charge in [0.05, 0.1) is 7.11 Å². The van der Waals surface area contributed by atoms with E-state index in [0.29, 0.717) is 17.0 Å². The van der Waals surface area contributed by atoms with Gasteiger partial charge in [-0.25, -0.2) is 9.69 Å². The molecule has 3 aromatic rings. The molecule has 174 valence electrons. The fourth-order valence-corrected chi connectivity index (χ4v) is 4.40. The average Bonchev–Trinajstić information content (AvgIpc) is 3.15. The summed E-state index contributed by atoms with van der Waals surface area (Å²) in [4.78, 5) is 41.1. The van der Waals surface area contributed by atoms with E-state index in [4.69, 9.17) is 4.74 Å². The Balaban J connectivity index is 1.66. The number of urea groups is 1. The third kappa shape index (κ3) is 4.91. The van der Waals surface area contributed by atoms with Crippen LogP contribution in [-0.2, 0) is 9.59 Å². The van der Waals surface area contributed by atoms with Crippen LogP contribution in [0.4, 0.5) is 10.5 Å². The van der Waals surface area contributed by atoms with Gasteiger partial charge in [-0.1, -0.05) is 49.4 Å². The van der Waals surface area contributed by atoms with E-state index in [1.165, 1.54) is 0 Å². The Bertz CT molecular complexity index is 1180. The van der Waals surface area contributed by atoms with Gasteiger partial charge in [-0.2, -0.15) is 0 Å². The zero-order valence-electron chi connectivity index (χ0n) is 18.7. The number of imide groups is 1.